The van der Waals surface area contributed by atoms with E-state index in [1.54, 1.807) is 32.9 Å². The van der Waals surface area contributed by atoms with Crippen LogP contribution in [-0.4, -0.2) is 54.1 Å². The van der Waals surface area contributed by atoms with Gasteiger partial charge in [-0.2, -0.15) is 0 Å². The highest BCUT2D eigenvalue weighted by molar-refractivity contribution is 5.94. The lowest BCUT2D eigenvalue weighted by atomic mass is 9.97. The predicted molar refractivity (Wildman–Crippen MR) is 132 cm³/mol. The van der Waals surface area contributed by atoms with Crippen molar-refractivity contribution >= 4 is 23.9 Å². The first kappa shape index (κ1) is 29.5. The Bertz CT molecular complexity index is 954. The molecule has 9 heteroatoms. The van der Waals surface area contributed by atoms with E-state index < -0.39 is 48.1 Å². The number of hydrogen-bond donors (Lipinski definition) is 2. The molecule has 9 nitrogen and oxygen atoms in total. The molecule has 2 atom stereocenters. The van der Waals surface area contributed by atoms with Crippen molar-refractivity contribution < 1.29 is 28.7 Å². The first-order chi connectivity index (χ1) is 16.2. The number of carbonyl (C=O) groups excluding carboxylic acids is 4. The Kier molecular flexibility index (Phi) is 10.8. The first-order valence-corrected chi connectivity index (χ1v) is 11.4. The largest absolute Gasteiger partial charge is 0.468 e. The predicted octanol–water partition coefficient (Wildman–Crippen LogP) is 2.99. The second kappa shape index (κ2) is 12.8. The second-order valence-electron chi connectivity index (χ2n) is 9.78. The van der Waals surface area contributed by atoms with Crippen LogP contribution >= 0.6 is 0 Å². The number of alkyl carbamates (subject to hydrolysis) is 1. The molecule has 192 valence electrons. The molecule has 0 saturated carbocycles. The van der Waals surface area contributed by atoms with Crippen LogP contribution in [0.5, 0.6) is 0 Å². The quantitative estimate of drug-likeness (QED) is 0.314. The van der Waals surface area contributed by atoms with Gasteiger partial charge in [0.2, 0.25) is 5.91 Å². The maximum atomic E-state index is 13.6. The van der Waals surface area contributed by atoms with E-state index in [1.165, 1.54) is 7.11 Å². The third kappa shape index (κ3) is 9.69. The molecule has 0 heterocycles. The van der Waals surface area contributed by atoms with Crippen LogP contribution in [0.25, 0.3) is 0 Å². The molecule has 1 rings (SSSR count). The van der Waals surface area contributed by atoms with Gasteiger partial charge in [0.25, 0.3) is 5.91 Å². The molecule has 0 radical (unpaired) electrons. The maximum Gasteiger partial charge on any atom is 0.408 e. The van der Waals surface area contributed by atoms with Gasteiger partial charge in [0.1, 0.15) is 24.2 Å². The monoisotopic (exact) mass is 487 g/mol. The molecule has 1 aromatic carbocycles. The van der Waals surface area contributed by atoms with Crippen molar-refractivity contribution in [1.82, 2.24) is 15.5 Å². The Labute approximate surface area is 207 Å². The van der Waals surface area contributed by atoms with Crippen LogP contribution in [0.2, 0.25) is 0 Å². The summed E-state index contributed by atoms with van der Waals surface area (Å²) in [6, 6.07) is 5.43. The van der Waals surface area contributed by atoms with Gasteiger partial charge in [0, 0.05) is 6.04 Å². The number of nitrogens with one attached hydrogen (secondary N) is 2. The average molecular weight is 488 g/mol. The number of hydrogen-bond acceptors (Lipinski definition) is 6. The number of nitrogens with zero attached hydrogens (tertiary/aromatic N) is 1. The molecule has 0 aliphatic heterocycles. The summed E-state index contributed by atoms with van der Waals surface area (Å²) in [5.41, 5.74) is 1.43. The zero-order valence-electron chi connectivity index (χ0n) is 21.9. The molecule has 0 aromatic heterocycles. The van der Waals surface area contributed by atoms with Gasteiger partial charge >= 0.3 is 12.1 Å². The third-order valence-electron chi connectivity index (χ3n) is 4.77. The molecule has 2 N–H and O–H groups in total. The summed E-state index contributed by atoms with van der Waals surface area (Å²) >= 11 is 0. The maximum absolute atomic E-state index is 13.6. The van der Waals surface area contributed by atoms with Gasteiger partial charge in [-0.15, -0.1) is 0 Å². The van der Waals surface area contributed by atoms with Crippen molar-refractivity contribution in [2.75, 3.05) is 13.7 Å². The lowest BCUT2D eigenvalue weighted by Crippen LogP contribution is -2.52. The summed E-state index contributed by atoms with van der Waals surface area (Å²) in [4.78, 5) is 51.9. The summed E-state index contributed by atoms with van der Waals surface area (Å²) in [6.45, 7) is 12.2. The summed E-state index contributed by atoms with van der Waals surface area (Å²) in [5.74, 6) is -1.94. The number of esters is 1. The number of methoxy groups -OCH3 is 1. The van der Waals surface area contributed by atoms with Crippen molar-refractivity contribution in [2.24, 2.45) is 5.92 Å². The van der Waals surface area contributed by atoms with Crippen LogP contribution < -0.4 is 10.6 Å². The van der Waals surface area contributed by atoms with Crippen LogP contribution in [0.3, 0.4) is 0 Å². The average Bonchev–Trinajstić information content (AvgIpc) is 2.72. The molecular formula is C26H37N3O6. The van der Waals surface area contributed by atoms with Crippen molar-refractivity contribution in [3.05, 3.63) is 34.9 Å². The second-order valence-corrected chi connectivity index (χ2v) is 9.78. The number of amides is 3. The summed E-state index contributed by atoms with van der Waals surface area (Å²) < 4.78 is 9.90. The summed E-state index contributed by atoms with van der Waals surface area (Å²) in [5, 5.41) is 5.07. The van der Waals surface area contributed by atoms with Gasteiger partial charge in [-0.1, -0.05) is 49.6 Å². The van der Waals surface area contributed by atoms with Crippen LogP contribution in [0.15, 0.2) is 18.2 Å². The molecule has 0 aliphatic carbocycles. The Morgan fingerprint density at radius 3 is 2.11 bits per heavy atom. The molecule has 0 saturated heterocycles. The van der Waals surface area contributed by atoms with E-state index in [1.807, 2.05) is 33.8 Å². The molecular weight excluding hydrogens is 450 g/mol. The van der Waals surface area contributed by atoms with E-state index in [0.29, 0.717) is 5.56 Å². The smallest absolute Gasteiger partial charge is 0.408 e. The van der Waals surface area contributed by atoms with Crippen molar-refractivity contribution in [2.45, 2.75) is 72.6 Å². The Morgan fingerprint density at radius 2 is 1.66 bits per heavy atom. The zero-order valence-corrected chi connectivity index (χ0v) is 21.9. The lowest BCUT2D eigenvalue weighted by Gasteiger charge is -2.31. The topological polar surface area (TPSA) is 114 Å². The van der Waals surface area contributed by atoms with Gasteiger partial charge in [-0.25, -0.2) is 4.79 Å². The van der Waals surface area contributed by atoms with Crippen LogP contribution in [0, 0.1) is 32.2 Å². The number of terminal acetylenes is 1. The number of ether oxygens (including phenoxy) is 2. The molecule has 0 spiro atoms. The van der Waals surface area contributed by atoms with Gasteiger partial charge in [-0.3, -0.25) is 19.3 Å². The van der Waals surface area contributed by atoms with E-state index >= 15 is 0 Å². The third-order valence-corrected chi connectivity index (χ3v) is 4.77. The van der Waals surface area contributed by atoms with Crippen LogP contribution in [0.1, 0.15) is 63.8 Å². The molecule has 0 fully saturated rings. The van der Waals surface area contributed by atoms with Gasteiger partial charge < -0.3 is 20.1 Å². The molecule has 3 amide bonds. The van der Waals surface area contributed by atoms with Crippen molar-refractivity contribution in [3.8, 4) is 12.5 Å². The van der Waals surface area contributed by atoms with E-state index in [2.05, 4.69) is 21.4 Å². The normalized spacial score (nSPS) is 12.7. The van der Waals surface area contributed by atoms with Gasteiger partial charge in [-0.05, 0) is 52.5 Å². The standard InChI is InChI=1S/C26H37N3O6/c1-10-29(24(32)20(11-16(2)3)28-25(33)35-26(6,7)8)22(23(31)27-15-21(30)34-9)19-13-17(4)12-18(5)14-19/h1,12-14,16,20,22H,11,15H2,2-9H3,(H,27,31)(H,28,33). The lowest BCUT2D eigenvalue weighted by molar-refractivity contribution is -0.143. The van der Waals surface area contributed by atoms with Crippen LogP contribution in [0.4, 0.5) is 4.79 Å². The minimum absolute atomic E-state index is 0.0197. The number of benzene rings is 1. The van der Waals surface area contributed by atoms with E-state index in [-0.39, 0.29) is 12.3 Å². The van der Waals surface area contributed by atoms with Crippen molar-refractivity contribution in [3.63, 3.8) is 0 Å². The number of aryl methyl sites for hydroxylation is 2. The highest BCUT2D eigenvalue weighted by Gasteiger charge is 2.36. The first-order valence-electron chi connectivity index (χ1n) is 11.4. The van der Waals surface area contributed by atoms with Crippen LogP contribution in [-0.2, 0) is 23.9 Å². The van der Waals surface area contributed by atoms with E-state index in [4.69, 9.17) is 11.2 Å². The SMILES string of the molecule is C#CN(C(=O)C(CC(C)C)NC(=O)OC(C)(C)C)C(C(=O)NCC(=O)OC)c1cc(C)cc(C)c1. The fourth-order valence-corrected chi connectivity index (χ4v) is 3.49. The van der Waals surface area contributed by atoms with Gasteiger partial charge in [0.15, 0.2) is 0 Å². The minimum atomic E-state index is -1.24. The van der Waals surface area contributed by atoms with E-state index in [9.17, 15) is 19.2 Å². The van der Waals surface area contributed by atoms with Gasteiger partial charge in [0.05, 0.1) is 7.11 Å². The molecule has 0 bridgehead atoms. The molecule has 0 aliphatic rings. The Morgan fingerprint density at radius 1 is 1.09 bits per heavy atom. The number of carbonyl (C=O) groups is 4. The fourth-order valence-electron chi connectivity index (χ4n) is 3.49. The number of rotatable bonds is 9. The Balaban J connectivity index is 3.42. The van der Waals surface area contributed by atoms with E-state index in [0.717, 1.165) is 16.0 Å². The highest BCUT2D eigenvalue weighted by atomic mass is 16.6. The molecule has 1 aromatic rings. The summed E-state index contributed by atoms with van der Waals surface area (Å²) in [7, 11) is 1.20. The van der Waals surface area contributed by atoms with Crippen molar-refractivity contribution in [1.29, 1.82) is 0 Å². The Hall–Kier alpha value is -3.54. The molecule has 35 heavy (non-hydrogen) atoms. The summed E-state index contributed by atoms with van der Waals surface area (Å²) in [6.07, 6.45) is 5.24. The zero-order chi connectivity index (χ0) is 26.9. The molecule has 2 unspecified atom stereocenters. The fraction of sp³-hybridized carbons (Fsp3) is 0.538. The highest BCUT2D eigenvalue weighted by Crippen LogP contribution is 2.25. The minimum Gasteiger partial charge on any atom is -0.468 e.